The fraction of sp³-hybridized carbons (Fsp3) is 0.286. The van der Waals surface area contributed by atoms with Gasteiger partial charge in [-0.2, -0.15) is 5.10 Å². The normalized spacial score (nSPS) is 10.7. The molecule has 2 rings (SSSR count). The first-order valence-corrected chi connectivity index (χ1v) is 7.01. The molecule has 5 heteroatoms. The molecular weight excluding hydrogens is 306 g/mol. The summed E-state index contributed by atoms with van der Waals surface area (Å²) in [5.74, 6) is -0.0265. The fourth-order valence-corrected chi connectivity index (χ4v) is 2.37. The van der Waals surface area contributed by atoms with Crippen LogP contribution in [0.3, 0.4) is 0 Å². The number of benzene rings is 1. The largest absolute Gasteiger partial charge is 0.326 e. The third-order valence-corrected chi connectivity index (χ3v) is 3.48. The average Bonchev–Trinajstić information content (AvgIpc) is 2.80. The molecule has 100 valence electrons. The van der Waals surface area contributed by atoms with Gasteiger partial charge in [0.25, 0.3) is 0 Å². The molecule has 0 amide bonds. The van der Waals surface area contributed by atoms with E-state index < -0.39 is 0 Å². The first-order chi connectivity index (χ1) is 9.17. The molecule has 1 aromatic heterocycles. The summed E-state index contributed by atoms with van der Waals surface area (Å²) < 4.78 is 2.47. The standard InChI is InChI=1S/C14H16BrN3O/c1-2-7-18-13(12(15)9-17-18)14(19)11-5-3-10(8-16)4-6-11/h3-6,9H,2,7-8,16H2,1H3. The van der Waals surface area contributed by atoms with E-state index in [0.717, 1.165) is 23.0 Å². The quantitative estimate of drug-likeness (QED) is 0.861. The molecule has 4 nitrogen and oxygen atoms in total. The van der Waals surface area contributed by atoms with Gasteiger partial charge in [-0.15, -0.1) is 0 Å². The van der Waals surface area contributed by atoms with Crippen LogP contribution in [-0.2, 0) is 13.1 Å². The minimum atomic E-state index is -0.0265. The van der Waals surface area contributed by atoms with Gasteiger partial charge < -0.3 is 5.73 Å². The Morgan fingerprint density at radius 3 is 2.63 bits per heavy atom. The summed E-state index contributed by atoms with van der Waals surface area (Å²) in [5, 5.41) is 4.21. The maximum Gasteiger partial charge on any atom is 0.212 e. The van der Waals surface area contributed by atoms with Gasteiger partial charge in [-0.05, 0) is 27.9 Å². The van der Waals surface area contributed by atoms with E-state index in [1.165, 1.54) is 0 Å². The molecule has 0 aliphatic heterocycles. The Morgan fingerprint density at radius 1 is 1.37 bits per heavy atom. The maximum atomic E-state index is 12.5. The van der Waals surface area contributed by atoms with Gasteiger partial charge in [-0.3, -0.25) is 9.48 Å². The van der Waals surface area contributed by atoms with Gasteiger partial charge in [0.15, 0.2) is 0 Å². The van der Waals surface area contributed by atoms with Crippen molar-refractivity contribution in [3.8, 4) is 0 Å². The van der Waals surface area contributed by atoms with Crippen LogP contribution >= 0.6 is 15.9 Å². The number of carbonyl (C=O) groups is 1. The van der Waals surface area contributed by atoms with Crippen molar-refractivity contribution in [3.63, 3.8) is 0 Å². The Balaban J connectivity index is 2.34. The summed E-state index contributed by atoms with van der Waals surface area (Å²) in [7, 11) is 0. The smallest absolute Gasteiger partial charge is 0.212 e. The Kier molecular flexibility index (Phi) is 4.50. The summed E-state index contributed by atoms with van der Waals surface area (Å²) in [6.07, 6.45) is 2.59. The van der Waals surface area contributed by atoms with Gasteiger partial charge >= 0.3 is 0 Å². The van der Waals surface area contributed by atoms with Crippen LogP contribution in [0.4, 0.5) is 0 Å². The third kappa shape index (κ3) is 2.93. The van der Waals surface area contributed by atoms with Crippen molar-refractivity contribution in [2.24, 2.45) is 5.73 Å². The number of hydrogen-bond donors (Lipinski definition) is 1. The van der Waals surface area contributed by atoms with E-state index in [9.17, 15) is 4.79 Å². The topological polar surface area (TPSA) is 60.9 Å². The Morgan fingerprint density at radius 2 is 2.05 bits per heavy atom. The van der Waals surface area contributed by atoms with Crippen molar-refractivity contribution in [2.75, 3.05) is 0 Å². The van der Waals surface area contributed by atoms with Crippen LogP contribution in [0.15, 0.2) is 34.9 Å². The van der Waals surface area contributed by atoms with Crippen molar-refractivity contribution >= 4 is 21.7 Å². The van der Waals surface area contributed by atoms with Gasteiger partial charge in [-0.1, -0.05) is 31.2 Å². The number of halogens is 1. The summed E-state index contributed by atoms with van der Waals surface area (Å²) in [6.45, 7) is 3.26. The van der Waals surface area contributed by atoms with E-state index in [2.05, 4.69) is 28.0 Å². The molecule has 2 N–H and O–H groups in total. The van der Waals surface area contributed by atoms with Crippen molar-refractivity contribution in [2.45, 2.75) is 26.4 Å². The van der Waals surface area contributed by atoms with Gasteiger partial charge in [-0.25, -0.2) is 0 Å². The van der Waals surface area contributed by atoms with Crippen molar-refractivity contribution in [1.82, 2.24) is 9.78 Å². The molecule has 0 bridgehead atoms. The molecule has 0 aliphatic carbocycles. The number of rotatable bonds is 5. The number of hydrogen-bond acceptors (Lipinski definition) is 3. The number of carbonyl (C=O) groups excluding carboxylic acids is 1. The molecule has 0 fully saturated rings. The minimum Gasteiger partial charge on any atom is -0.326 e. The minimum absolute atomic E-state index is 0.0265. The Labute approximate surface area is 120 Å². The van der Waals surface area contributed by atoms with Crippen LogP contribution in [0.2, 0.25) is 0 Å². The zero-order valence-corrected chi connectivity index (χ0v) is 12.4. The number of nitrogens with zero attached hydrogens (tertiary/aromatic N) is 2. The lowest BCUT2D eigenvalue weighted by Gasteiger charge is -2.06. The van der Waals surface area contributed by atoms with Crippen molar-refractivity contribution in [1.29, 1.82) is 0 Å². The molecule has 0 atom stereocenters. The molecule has 1 aromatic carbocycles. The lowest BCUT2D eigenvalue weighted by molar-refractivity contribution is 0.102. The molecule has 2 aromatic rings. The molecule has 0 unspecified atom stereocenters. The van der Waals surface area contributed by atoms with Crippen molar-refractivity contribution in [3.05, 3.63) is 51.8 Å². The highest BCUT2D eigenvalue weighted by Crippen LogP contribution is 2.20. The molecule has 1 heterocycles. The second kappa shape index (κ2) is 6.12. The molecular formula is C14H16BrN3O. The summed E-state index contributed by atoms with van der Waals surface area (Å²) >= 11 is 3.39. The predicted molar refractivity (Wildman–Crippen MR) is 78.0 cm³/mol. The van der Waals surface area contributed by atoms with E-state index >= 15 is 0 Å². The fourth-order valence-electron chi connectivity index (χ4n) is 1.90. The lowest BCUT2D eigenvalue weighted by atomic mass is 10.1. The van der Waals surface area contributed by atoms with Crippen LogP contribution in [0.25, 0.3) is 0 Å². The highest BCUT2D eigenvalue weighted by atomic mass is 79.9. The van der Waals surface area contributed by atoms with E-state index in [0.29, 0.717) is 17.8 Å². The molecule has 0 saturated heterocycles. The van der Waals surface area contributed by atoms with Crippen LogP contribution in [0.5, 0.6) is 0 Å². The average molecular weight is 322 g/mol. The van der Waals surface area contributed by atoms with Crippen LogP contribution < -0.4 is 5.73 Å². The monoisotopic (exact) mass is 321 g/mol. The zero-order valence-electron chi connectivity index (χ0n) is 10.8. The number of ketones is 1. The van der Waals surface area contributed by atoms with Crippen LogP contribution in [0.1, 0.15) is 35.0 Å². The van der Waals surface area contributed by atoms with E-state index in [1.54, 1.807) is 23.0 Å². The number of nitrogens with two attached hydrogens (primary N) is 1. The van der Waals surface area contributed by atoms with E-state index in [1.807, 2.05) is 12.1 Å². The lowest BCUT2D eigenvalue weighted by Crippen LogP contribution is -2.12. The number of aryl methyl sites for hydroxylation is 1. The third-order valence-electron chi connectivity index (χ3n) is 2.90. The predicted octanol–water partition coefficient (Wildman–Crippen LogP) is 2.75. The molecule has 0 aliphatic rings. The second-order valence-electron chi connectivity index (χ2n) is 4.29. The van der Waals surface area contributed by atoms with Gasteiger partial charge in [0.05, 0.1) is 10.7 Å². The summed E-state index contributed by atoms with van der Waals surface area (Å²) in [4.78, 5) is 12.5. The molecule has 0 radical (unpaired) electrons. The zero-order chi connectivity index (χ0) is 13.8. The van der Waals surface area contributed by atoms with Crippen LogP contribution in [0, 0.1) is 0 Å². The van der Waals surface area contributed by atoms with Gasteiger partial charge in [0.2, 0.25) is 5.78 Å². The SMILES string of the molecule is CCCn1ncc(Br)c1C(=O)c1ccc(CN)cc1. The first kappa shape index (κ1) is 14.0. The number of aromatic nitrogens is 2. The first-order valence-electron chi connectivity index (χ1n) is 6.22. The van der Waals surface area contributed by atoms with Gasteiger partial charge in [0.1, 0.15) is 5.69 Å². The second-order valence-corrected chi connectivity index (χ2v) is 5.15. The molecule has 0 saturated carbocycles. The Bertz CT molecular complexity index is 575. The summed E-state index contributed by atoms with van der Waals surface area (Å²) in [5.41, 5.74) is 7.81. The van der Waals surface area contributed by atoms with Crippen molar-refractivity contribution < 1.29 is 4.79 Å². The van der Waals surface area contributed by atoms with Gasteiger partial charge in [0, 0.05) is 18.7 Å². The highest BCUT2D eigenvalue weighted by Gasteiger charge is 2.18. The summed E-state index contributed by atoms with van der Waals surface area (Å²) in [6, 6.07) is 7.36. The van der Waals surface area contributed by atoms with E-state index in [4.69, 9.17) is 5.73 Å². The molecule has 19 heavy (non-hydrogen) atoms. The maximum absolute atomic E-state index is 12.5. The highest BCUT2D eigenvalue weighted by molar-refractivity contribution is 9.10. The molecule has 0 spiro atoms. The Hall–Kier alpha value is -1.46. The van der Waals surface area contributed by atoms with Crippen LogP contribution in [-0.4, -0.2) is 15.6 Å². The van der Waals surface area contributed by atoms with E-state index in [-0.39, 0.29) is 5.78 Å².